The van der Waals surface area contributed by atoms with E-state index >= 15 is 0 Å². The molecule has 4 amide bonds. The van der Waals surface area contributed by atoms with E-state index in [0.717, 1.165) is 16.0 Å². The number of nitrogens with zero attached hydrogens (tertiary/aromatic N) is 1. The summed E-state index contributed by atoms with van der Waals surface area (Å²) in [7, 11) is 0. The maximum absolute atomic E-state index is 13.2. The SMILES string of the molecule is CC(=O)c1cc2c(cc1NC(=O)CN1C(=O)N[C@]3(CCc4ccccc43)C1=O)OCO2. The van der Waals surface area contributed by atoms with Gasteiger partial charge in [0, 0.05) is 11.6 Å². The Balaban J connectivity index is 1.37. The average Bonchev–Trinajstić information content (AvgIpc) is 3.41. The van der Waals surface area contributed by atoms with E-state index in [2.05, 4.69) is 10.6 Å². The molecule has 31 heavy (non-hydrogen) atoms. The molecule has 2 aliphatic heterocycles. The van der Waals surface area contributed by atoms with Gasteiger partial charge in [0.1, 0.15) is 12.1 Å². The van der Waals surface area contributed by atoms with E-state index in [4.69, 9.17) is 9.47 Å². The Kier molecular flexibility index (Phi) is 4.21. The van der Waals surface area contributed by atoms with Crippen LogP contribution in [-0.4, -0.2) is 41.9 Å². The average molecular weight is 421 g/mol. The fourth-order valence-electron chi connectivity index (χ4n) is 4.40. The number of ether oxygens (including phenoxy) is 2. The highest BCUT2D eigenvalue weighted by Crippen LogP contribution is 2.41. The molecule has 5 rings (SSSR count). The highest BCUT2D eigenvalue weighted by Gasteiger charge is 2.55. The van der Waals surface area contributed by atoms with Gasteiger partial charge < -0.3 is 20.1 Å². The van der Waals surface area contributed by atoms with Gasteiger partial charge in [0.15, 0.2) is 17.3 Å². The number of rotatable bonds is 4. The van der Waals surface area contributed by atoms with Crippen molar-refractivity contribution in [2.24, 2.45) is 0 Å². The van der Waals surface area contributed by atoms with Gasteiger partial charge in [-0.1, -0.05) is 24.3 Å². The Morgan fingerprint density at radius 1 is 1.16 bits per heavy atom. The van der Waals surface area contributed by atoms with Crippen LogP contribution in [0.25, 0.3) is 0 Å². The predicted octanol–water partition coefficient (Wildman–Crippen LogP) is 1.95. The smallest absolute Gasteiger partial charge is 0.325 e. The molecule has 9 nitrogen and oxygen atoms in total. The number of benzene rings is 2. The van der Waals surface area contributed by atoms with Crippen molar-refractivity contribution in [3.63, 3.8) is 0 Å². The van der Waals surface area contributed by atoms with Crippen LogP contribution >= 0.6 is 0 Å². The maximum Gasteiger partial charge on any atom is 0.325 e. The lowest BCUT2D eigenvalue weighted by molar-refractivity contribution is -0.134. The summed E-state index contributed by atoms with van der Waals surface area (Å²) < 4.78 is 10.6. The van der Waals surface area contributed by atoms with Gasteiger partial charge in [-0.3, -0.25) is 19.3 Å². The van der Waals surface area contributed by atoms with Crippen molar-refractivity contribution in [3.8, 4) is 11.5 Å². The molecule has 1 spiro atoms. The Morgan fingerprint density at radius 3 is 2.68 bits per heavy atom. The molecule has 0 radical (unpaired) electrons. The molecule has 0 aromatic heterocycles. The first-order valence-corrected chi connectivity index (χ1v) is 9.86. The molecule has 158 valence electrons. The van der Waals surface area contributed by atoms with Gasteiger partial charge in [0.25, 0.3) is 5.91 Å². The van der Waals surface area contributed by atoms with Crippen molar-refractivity contribution in [1.82, 2.24) is 10.2 Å². The van der Waals surface area contributed by atoms with Crippen LogP contribution in [-0.2, 0) is 21.5 Å². The van der Waals surface area contributed by atoms with E-state index in [1.54, 1.807) is 0 Å². The normalized spacial score (nSPS) is 20.7. The summed E-state index contributed by atoms with van der Waals surface area (Å²) in [4.78, 5) is 51.4. The summed E-state index contributed by atoms with van der Waals surface area (Å²) in [5, 5.41) is 5.40. The van der Waals surface area contributed by atoms with Crippen LogP contribution in [0.4, 0.5) is 10.5 Å². The first-order valence-electron chi connectivity index (χ1n) is 9.86. The van der Waals surface area contributed by atoms with Gasteiger partial charge in [-0.15, -0.1) is 0 Å². The summed E-state index contributed by atoms with van der Waals surface area (Å²) in [6.07, 6.45) is 1.12. The quantitative estimate of drug-likeness (QED) is 0.576. The number of carbonyl (C=O) groups excluding carboxylic acids is 4. The molecular weight excluding hydrogens is 402 g/mol. The minimum absolute atomic E-state index is 0.0239. The summed E-state index contributed by atoms with van der Waals surface area (Å²) in [6.45, 7) is 0.919. The zero-order valence-electron chi connectivity index (χ0n) is 16.7. The molecule has 0 bridgehead atoms. The zero-order valence-corrected chi connectivity index (χ0v) is 16.7. The fraction of sp³-hybridized carbons (Fsp3) is 0.273. The van der Waals surface area contributed by atoms with Crippen LogP contribution in [0.2, 0.25) is 0 Å². The number of hydrogen-bond acceptors (Lipinski definition) is 6. The van der Waals surface area contributed by atoms with E-state index in [0.29, 0.717) is 24.3 Å². The molecule has 2 N–H and O–H groups in total. The number of imide groups is 1. The van der Waals surface area contributed by atoms with Crippen LogP contribution in [0.5, 0.6) is 11.5 Å². The summed E-state index contributed by atoms with van der Waals surface area (Å²) >= 11 is 0. The number of nitrogens with one attached hydrogen (secondary N) is 2. The molecule has 0 unspecified atom stereocenters. The van der Waals surface area contributed by atoms with Crippen molar-refractivity contribution in [2.75, 3.05) is 18.7 Å². The first-order chi connectivity index (χ1) is 14.9. The fourth-order valence-corrected chi connectivity index (χ4v) is 4.40. The lowest BCUT2D eigenvalue weighted by atomic mass is 9.92. The molecule has 1 fully saturated rings. The van der Waals surface area contributed by atoms with Gasteiger partial charge in [-0.25, -0.2) is 4.79 Å². The molecule has 1 aliphatic carbocycles. The Morgan fingerprint density at radius 2 is 1.90 bits per heavy atom. The van der Waals surface area contributed by atoms with E-state index in [9.17, 15) is 19.2 Å². The molecule has 9 heteroatoms. The number of amides is 4. The molecular formula is C22H19N3O6. The number of urea groups is 1. The van der Waals surface area contributed by atoms with Gasteiger partial charge in [-0.05, 0) is 37.0 Å². The maximum atomic E-state index is 13.2. The zero-order chi connectivity index (χ0) is 21.8. The van der Waals surface area contributed by atoms with Crippen molar-refractivity contribution >= 4 is 29.3 Å². The van der Waals surface area contributed by atoms with E-state index in [1.165, 1.54) is 19.1 Å². The van der Waals surface area contributed by atoms with Crippen LogP contribution < -0.4 is 20.1 Å². The number of fused-ring (bicyclic) bond motifs is 3. The molecule has 3 aliphatic rings. The summed E-state index contributed by atoms with van der Waals surface area (Å²) in [6, 6.07) is 9.86. The lowest BCUT2D eigenvalue weighted by Gasteiger charge is -2.22. The minimum atomic E-state index is -1.13. The number of aryl methyl sites for hydroxylation is 1. The monoisotopic (exact) mass is 421 g/mol. The molecule has 0 saturated carbocycles. The van der Waals surface area contributed by atoms with Crippen LogP contribution in [0, 0.1) is 0 Å². The Bertz CT molecular complexity index is 1160. The highest BCUT2D eigenvalue weighted by atomic mass is 16.7. The van der Waals surface area contributed by atoms with Gasteiger partial charge in [-0.2, -0.15) is 0 Å². The van der Waals surface area contributed by atoms with E-state index in [-0.39, 0.29) is 23.8 Å². The van der Waals surface area contributed by atoms with Gasteiger partial charge >= 0.3 is 6.03 Å². The second-order valence-corrected chi connectivity index (χ2v) is 7.74. The molecule has 1 atom stereocenters. The third-order valence-electron chi connectivity index (χ3n) is 5.89. The third-order valence-corrected chi connectivity index (χ3v) is 5.89. The number of Topliss-reactive ketones (excluding diaryl/α,β-unsaturated/α-hetero) is 1. The second-order valence-electron chi connectivity index (χ2n) is 7.74. The van der Waals surface area contributed by atoms with E-state index < -0.39 is 29.9 Å². The predicted molar refractivity (Wildman–Crippen MR) is 108 cm³/mol. The number of hydrogen-bond donors (Lipinski definition) is 2. The standard InChI is InChI=1S/C22H19N3O6/c1-12(26)14-8-17-18(31-11-30-17)9-16(14)23-19(27)10-25-20(28)22(24-21(25)29)7-6-13-4-2-3-5-15(13)22/h2-5,8-9H,6-7,10-11H2,1H3,(H,23,27)(H,24,29)/t22-/m0/s1. The van der Waals surface area contributed by atoms with Crippen LogP contribution in [0.1, 0.15) is 34.8 Å². The van der Waals surface area contributed by atoms with Crippen LogP contribution in [0.3, 0.4) is 0 Å². The number of ketones is 1. The first kappa shape index (κ1) is 19.1. The summed E-state index contributed by atoms with van der Waals surface area (Å²) in [5.41, 5.74) is 1.13. The molecule has 2 aromatic carbocycles. The Labute approximate surface area is 177 Å². The topological polar surface area (TPSA) is 114 Å². The number of carbonyl (C=O) groups is 4. The second kappa shape index (κ2) is 6.83. The van der Waals surface area contributed by atoms with Gasteiger partial charge in [0.2, 0.25) is 12.7 Å². The highest BCUT2D eigenvalue weighted by molar-refractivity contribution is 6.11. The van der Waals surface area contributed by atoms with Crippen LogP contribution in [0.15, 0.2) is 36.4 Å². The van der Waals surface area contributed by atoms with Crippen molar-refractivity contribution in [3.05, 3.63) is 53.1 Å². The minimum Gasteiger partial charge on any atom is -0.454 e. The third kappa shape index (κ3) is 2.92. The molecule has 1 saturated heterocycles. The lowest BCUT2D eigenvalue weighted by Crippen LogP contribution is -2.43. The summed E-state index contributed by atoms with van der Waals surface area (Å²) in [5.74, 6) is -0.510. The number of anilines is 1. The molecule has 2 aromatic rings. The Hall–Kier alpha value is -3.88. The van der Waals surface area contributed by atoms with Crippen molar-refractivity contribution in [2.45, 2.75) is 25.3 Å². The van der Waals surface area contributed by atoms with Crippen molar-refractivity contribution < 1.29 is 28.7 Å². The van der Waals surface area contributed by atoms with Crippen molar-refractivity contribution in [1.29, 1.82) is 0 Å². The van der Waals surface area contributed by atoms with E-state index in [1.807, 2.05) is 24.3 Å². The largest absolute Gasteiger partial charge is 0.454 e. The van der Waals surface area contributed by atoms with Gasteiger partial charge in [0.05, 0.1) is 5.69 Å². The molecule has 2 heterocycles.